The van der Waals surface area contributed by atoms with Gasteiger partial charge in [-0.15, -0.1) is 0 Å². The third kappa shape index (κ3) is 4.86. The minimum atomic E-state index is -3.90. The summed E-state index contributed by atoms with van der Waals surface area (Å²) < 4.78 is 30.3. The average molecular weight is 432 g/mol. The van der Waals surface area contributed by atoms with E-state index in [2.05, 4.69) is 5.32 Å². The molecule has 1 N–H and O–H groups in total. The van der Waals surface area contributed by atoms with Crippen LogP contribution in [0.2, 0.25) is 0 Å². The highest BCUT2D eigenvalue weighted by atomic mass is 32.2. The number of carbonyl (C=O) groups excluding carboxylic acids is 2. The van der Waals surface area contributed by atoms with Gasteiger partial charge in [0.05, 0.1) is 17.6 Å². The normalized spacial score (nSPS) is 14.9. The second kappa shape index (κ2) is 8.95. The van der Waals surface area contributed by atoms with E-state index >= 15 is 0 Å². The van der Waals surface area contributed by atoms with E-state index < -0.39 is 28.5 Å². The Morgan fingerprint density at radius 3 is 2.43 bits per heavy atom. The van der Waals surface area contributed by atoms with E-state index in [-0.39, 0.29) is 15.9 Å². The molecule has 0 spiro atoms. The van der Waals surface area contributed by atoms with Crippen molar-refractivity contribution in [3.63, 3.8) is 0 Å². The van der Waals surface area contributed by atoms with Gasteiger partial charge >= 0.3 is 5.97 Å². The van der Waals surface area contributed by atoms with Crippen molar-refractivity contribution < 1.29 is 27.6 Å². The van der Waals surface area contributed by atoms with Crippen molar-refractivity contribution in [3.8, 4) is 0 Å². The summed E-state index contributed by atoms with van der Waals surface area (Å²) in [6.45, 7) is 0.0309. The molecule has 2 aromatic rings. The number of nitrogens with one attached hydrogen (secondary N) is 1. The molecule has 0 unspecified atom stereocenters. The smallest absolute Gasteiger partial charge is 0.338 e. The molecule has 8 nitrogen and oxygen atoms in total. The van der Waals surface area contributed by atoms with Gasteiger partial charge in [0, 0.05) is 19.0 Å². The molecule has 1 aliphatic carbocycles. The fraction of sp³-hybridized carbons (Fsp3) is 0.333. The summed E-state index contributed by atoms with van der Waals surface area (Å²) in [5, 5.41) is 2.81. The lowest BCUT2D eigenvalue weighted by Crippen LogP contribution is -2.35. The Morgan fingerprint density at radius 2 is 1.80 bits per heavy atom. The molecule has 9 heteroatoms. The van der Waals surface area contributed by atoms with Crippen molar-refractivity contribution in [3.05, 3.63) is 65.7 Å². The lowest BCUT2D eigenvalue weighted by Gasteiger charge is -2.16. The Hall–Kier alpha value is -2.75. The molecule has 0 heterocycles. The Morgan fingerprint density at radius 1 is 1.10 bits per heavy atom. The van der Waals surface area contributed by atoms with Crippen molar-refractivity contribution in [1.82, 2.24) is 9.79 Å². The van der Waals surface area contributed by atoms with Crippen LogP contribution >= 0.6 is 0 Å². The van der Waals surface area contributed by atoms with Crippen LogP contribution < -0.4 is 5.32 Å². The maximum atomic E-state index is 12.3. The zero-order chi connectivity index (χ0) is 21.8. The van der Waals surface area contributed by atoms with Crippen LogP contribution in [0.3, 0.4) is 0 Å². The number of nitrogens with zero attached hydrogens (tertiary/aromatic N) is 1. The van der Waals surface area contributed by atoms with Crippen LogP contribution in [0.15, 0.2) is 59.5 Å². The number of sulfonamides is 1. The molecule has 1 amide bonds. The highest BCUT2D eigenvalue weighted by Gasteiger charge is 2.44. The largest absolute Gasteiger partial charge is 0.452 e. The first kappa shape index (κ1) is 21.9. The van der Waals surface area contributed by atoms with Gasteiger partial charge in [-0.1, -0.05) is 40.9 Å². The summed E-state index contributed by atoms with van der Waals surface area (Å²) in [6.07, 6.45) is 1.99. The number of benzene rings is 2. The molecule has 0 bridgehead atoms. The lowest BCUT2D eigenvalue weighted by molar-refractivity contribution is -0.124. The van der Waals surface area contributed by atoms with Crippen LogP contribution in [-0.4, -0.2) is 52.1 Å². The fourth-order valence-corrected chi connectivity index (χ4v) is 4.09. The van der Waals surface area contributed by atoms with Crippen molar-refractivity contribution in [2.75, 3.05) is 27.3 Å². The summed E-state index contributed by atoms with van der Waals surface area (Å²) >= 11 is 0. The predicted molar refractivity (Wildman–Crippen MR) is 109 cm³/mol. The van der Waals surface area contributed by atoms with Crippen LogP contribution in [0.4, 0.5) is 0 Å². The molecular weight excluding hydrogens is 408 g/mol. The number of amides is 1. The molecule has 0 aliphatic heterocycles. The average Bonchev–Trinajstić information content (AvgIpc) is 3.57. The van der Waals surface area contributed by atoms with Crippen molar-refractivity contribution >= 4 is 21.9 Å². The van der Waals surface area contributed by atoms with E-state index in [0.29, 0.717) is 11.0 Å². The van der Waals surface area contributed by atoms with E-state index in [1.54, 1.807) is 0 Å². The summed E-state index contributed by atoms with van der Waals surface area (Å²) in [5.41, 5.74) is 1.16. The van der Waals surface area contributed by atoms with Gasteiger partial charge in [0.2, 0.25) is 0 Å². The van der Waals surface area contributed by atoms with E-state index in [1.807, 2.05) is 30.3 Å². The molecule has 0 atom stereocenters. The Bertz CT molecular complexity index is 1020. The third-order valence-electron chi connectivity index (χ3n) is 5.16. The maximum absolute atomic E-state index is 12.3. The van der Waals surface area contributed by atoms with Gasteiger partial charge in [-0.25, -0.2) is 13.2 Å². The predicted octanol–water partition coefficient (Wildman–Crippen LogP) is 1.87. The van der Waals surface area contributed by atoms with Gasteiger partial charge < -0.3 is 10.1 Å². The summed E-state index contributed by atoms with van der Waals surface area (Å²) in [7, 11) is -1.43. The first-order valence-corrected chi connectivity index (χ1v) is 10.8. The third-order valence-corrected chi connectivity index (χ3v) is 6.84. The standard InChI is InChI=1S/C21H24N2O6S/c1-23(28-2)30(26,27)18-10-6-7-16(13-18)20(25)29-14-19(24)22-15-21(11-12-21)17-8-4-3-5-9-17/h3-10,13H,11-12,14-15H2,1-2H3,(H,22,24). The molecule has 3 rings (SSSR count). The van der Waals surface area contributed by atoms with E-state index in [9.17, 15) is 18.0 Å². The molecule has 0 aromatic heterocycles. The highest BCUT2D eigenvalue weighted by Crippen LogP contribution is 2.47. The van der Waals surface area contributed by atoms with E-state index in [4.69, 9.17) is 9.57 Å². The van der Waals surface area contributed by atoms with Crippen LogP contribution in [0.25, 0.3) is 0 Å². The number of rotatable bonds is 9. The highest BCUT2D eigenvalue weighted by molar-refractivity contribution is 7.89. The Kier molecular flexibility index (Phi) is 6.55. The summed E-state index contributed by atoms with van der Waals surface area (Å²) in [6, 6.07) is 15.3. The number of esters is 1. The lowest BCUT2D eigenvalue weighted by atomic mass is 9.96. The van der Waals surface area contributed by atoms with Gasteiger partial charge in [0.1, 0.15) is 0 Å². The zero-order valence-electron chi connectivity index (χ0n) is 16.8. The van der Waals surface area contributed by atoms with Gasteiger partial charge in [-0.05, 0) is 36.6 Å². The monoisotopic (exact) mass is 432 g/mol. The molecule has 1 saturated carbocycles. The van der Waals surface area contributed by atoms with Gasteiger partial charge in [-0.3, -0.25) is 9.63 Å². The number of carbonyl (C=O) groups is 2. The fourth-order valence-electron chi connectivity index (χ4n) is 3.07. The van der Waals surface area contributed by atoms with Crippen LogP contribution in [-0.2, 0) is 29.8 Å². The number of hydrogen-bond acceptors (Lipinski definition) is 6. The molecular formula is C21H24N2O6S. The number of ether oxygens (including phenoxy) is 1. The molecule has 0 radical (unpaired) electrons. The molecule has 30 heavy (non-hydrogen) atoms. The van der Waals surface area contributed by atoms with Gasteiger partial charge in [0.15, 0.2) is 6.61 Å². The number of hydroxylamine groups is 1. The first-order valence-electron chi connectivity index (χ1n) is 9.41. The quantitative estimate of drug-likeness (QED) is 0.480. The van der Waals surface area contributed by atoms with Crippen LogP contribution in [0.1, 0.15) is 28.8 Å². The minimum Gasteiger partial charge on any atom is -0.452 e. The second-order valence-electron chi connectivity index (χ2n) is 7.12. The van der Waals surface area contributed by atoms with E-state index in [1.165, 1.54) is 44.0 Å². The van der Waals surface area contributed by atoms with Crippen molar-refractivity contribution in [2.45, 2.75) is 23.2 Å². The summed E-state index contributed by atoms with van der Waals surface area (Å²) in [5.74, 6) is -1.19. The zero-order valence-corrected chi connectivity index (χ0v) is 17.6. The molecule has 0 saturated heterocycles. The van der Waals surface area contributed by atoms with Crippen LogP contribution in [0, 0.1) is 0 Å². The molecule has 160 valence electrons. The molecule has 2 aromatic carbocycles. The topological polar surface area (TPSA) is 102 Å². The maximum Gasteiger partial charge on any atom is 0.338 e. The van der Waals surface area contributed by atoms with Crippen molar-refractivity contribution in [1.29, 1.82) is 0 Å². The second-order valence-corrected chi connectivity index (χ2v) is 9.06. The molecule has 1 fully saturated rings. The first-order chi connectivity index (χ1) is 14.3. The minimum absolute atomic E-state index is 0.0244. The van der Waals surface area contributed by atoms with E-state index in [0.717, 1.165) is 12.8 Å². The van der Waals surface area contributed by atoms with Crippen molar-refractivity contribution in [2.24, 2.45) is 0 Å². The van der Waals surface area contributed by atoms with Gasteiger partial charge in [0.25, 0.3) is 15.9 Å². The summed E-state index contributed by atoms with van der Waals surface area (Å²) in [4.78, 5) is 29.0. The number of hydrogen-bond donors (Lipinski definition) is 1. The van der Waals surface area contributed by atoms with Gasteiger partial charge in [-0.2, -0.15) is 0 Å². The molecule has 1 aliphatic rings. The van der Waals surface area contributed by atoms with Crippen LogP contribution in [0.5, 0.6) is 0 Å². The SMILES string of the molecule is CON(C)S(=O)(=O)c1cccc(C(=O)OCC(=O)NCC2(c3ccccc3)CC2)c1. The Labute approximate surface area is 175 Å². The Balaban J connectivity index is 1.55.